The molecular weight excluding hydrogens is 146 g/mol. The molecule has 0 spiro atoms. The Labute approximate surface area is 75.9 Å². The summed E-state index contributed by atoms with van der Waals surface area (Å²) in [5.74, 6) is 2.03. The summed E-state index contributed by atoms with van der Waals surface area (Å²) in [5.41, 5.74) is 0. The molecular formula is C11H21N. The lowest BCUT2D eigenvalue weighted by molar-refractivity contribution is 0.201. The molecule has 0 aliphatic heterocycles. The average Bonchev–Trinajstić information content (AvgIpc) is 2.47. The van der Waals surface area contributed by atoms with Gasteiger partial charge in [0.05, 0.1) is 0 Å². The molecule has 2 rings (SSSR count). The Morgan fingerprint density at radius 3 is 2.42 bits per heavy atom. The highest BCUT2D eigenvalue weighted by atomic mass is 14.9. The predicted octanol–water partition coefficient (Wildman–Crippen LogP) is 2.56. The fourth-order valence-electron chi connectivity index (χ4n) is 2.70. The van der Waals surface area contributed by atoms with Crippen molar-refractivity contribution in [3.8, 4) is 0 Å². The molecule has 1 heteroatoms. The van der Waals surface area contributed by atoms with Gasteiger partial charge < -0.3 is 5.32 Å². The first-order valence-corrected chi connectivity index (χ1v) is 5.58. The summed E-state index contributed by atoms with van der Waals surface area (Å²) >= 11 is 0. The van der Waals surface area contributed by atoms with E-state index < -0.39 is 0 Å². The average molecular weight is 167 g/mol. The SMILES string of the molecule is CC1CC(CNC2CCCC2)C1. The second-order valence-electron chi connectivity index (χ2n) is 4.83. The Kier molecular flexibility index (Phi) is 2.69. The predicted molar refractivity (Wildman–Crippen MR) is 52.1 cm³/mol. The Morgan fingerprint density at radius 2 is 1.83 bits per heavy atom. The smallest absolute Gasteiger partial charge is 0.00671 e. The summed E-state index contributed by atoms with van der Waals surface area (Å²) in [4.78, 5) is 0. The van der Waals surface area contributed by atoms with Crippen LogP contribution in [-0.2, 0) is 0 Å². The number of hydrogen-bond donors (Lipinski definition) is 1. The minimum Gasteiger partial charge on any atom is -0.314 e. The van der Waals surface area contributed by atoms with E-state index in [-0.39, 0.29) is 0 Å². The summed E-state index contributed by atoms with van der Waals surface area (Å²) in [6.45, 7) is 3.67. The molecule has 0 heterocycles. The van der Waals surface area contributed by atoms with Gasteiger partial charge in [-0.25, -0.2) is 0 Å². The zero-order chi connectivity index (χ0) is 8.39. The van der Waals surface area contributed by atoms with Gasteiger partial charge in [0.15, 0.2) is 0 Å². The van der Waals surface area contributed by atoms with Crippen molar-refractivity contribution < 1.29 is 0 Å². The summed E-state index contributed by atoms with van der Waals surface area (Å²) in [6, 6.07) is 0.876. The minimum atomic E-state index is 0.876. The number of rotatable bonds is 3. The van der Waals surface area contributed by atoms with Crippen molar-refractivity contribution in [1.29, 1.82) is 0 Å². The van der Waals surface area contributed by atoms with E-state index in [9.17, 15) is 0 Å². The molecule has 0 bridgehead atoms. The van der Waals surface area contributed by atoms with E-state index in [2.05, 4.69) is 12.2 Å². The van der Waals surface area contributed by atoms with Crippen LogP contribution in [0.5, 0.6) is 0 Å². The van der Waals surface area contributed by atoms with Gasteiger partial charge in [-0.15, -0.1) is 0 Å². The van der Waals surface area contributed by atoms with Crippen LogP contribution in [0.15, 0.2) is 0 Å². The van der Waals surface area contributed by atoms with E-state index in [1.807, 2.05) is 0 Å². The molecule has 0 atom stereocenters. The molecule has 2 fully saturated rings. The normalized spacial score (nSPS) is 36.8. The maximum atomic E-state index is 3.70. The van der Waals surface area contributed by atoms with Crippen molar-refractivity contribution in [3.05, 3.63) is 0 Å². The molecule has 0 amide bonds. The first-order chi connectivity index (χ1) is 5.84. The molecule has 2 saturated carbocycles. The van der Waals surface area contributed by atoms with Crippen LogP contribution >= 0.6 is 0 Å². The van der Waals surface area contributed by atoms with Crippen LogP contribution in [0.3, 0.4) is 0 Å². The number of nitrogens with one attached hydrogen (secondary N) is 1. The molecule has 0 aromatic rings. The summed E-state index contributed by atoms with van der Waals surface area (Å²) in [6.07, 6.45) is 8.72. The van der Waals surface area contributed by atoms with Gasteiger partial charge in [0.1, 0.15) is 0 Å². The highest BCUT2D eigenvalue weighted by molar-refractivity contribution is 4.81. The van der Waals surface area contributed by atoms with E-state index in [1.165, 1.54) is 45.1 Å². The Hall–Kier alpha value is -0.0400. The van der Waals surface area contributed by atoms with Crippen molar-refractivity contribution in [2.45, 2.75) is 51.5 Å². The van der Waals surface area contributed by atoms with Gasteiger partial charge in [0.2, 0.25) is 0 Å². The van der Waals surface area contributed by atoms with E-state index in [4.69, 9.17) is 0 Å². The molecule has 0 unspecified atom stereocenters. The Bertz CT molecular complexity index is 132. The molecule has 0 radical (unpaired) electrons. The van der Waals surface area contributed by atoms with Crippen molar-refractivity contribution in [1.82, 2.24) is 5.32 Å². The lowest BCUT2D eigenvalue weighted by atomic mass is 9.76. The van der Waals surface area contributed by atoms with Crippen LogP contribution in [0, 0.1) is 11.8 Å². The third-order valence-corrected chi connectivity index (χ3v) is 3.52. The van der Waals surface area contributed by atoms with E-state index >= 15 is 0 Å². The van der Waals surface area contributed by atoms with Crippen molar-refractivity contribution in [3.63, 3.8) is 0 Å². The van der Waals surface area contributed by atoms with E-state index in [0.29, 0.717) is 0 Å². The van der Waals surface area contributed by atoms with Crippen LogP contribution in [0.25, 0.3) is 0 Å². The number of hydrogen-bond acceptors (Lipinski definition) is 1. The van der Waals surface area contributed by atoms with E-state index in [0.717, 1.165) is 17.9 Å². The van der Waals surface area contributed by atoms with Crippen LogP contribution in [0.2, 0.25) is 0 Å². The van der Waals surface area contributed by atoms with Gasteiger partial charge in [-0.05, 0) is 44.1 Å². The fourth-order valence-corrected chi connectivity index (χ4v) is 2.70. The van der Waals surface area contributed by atoms with Crippen molar-refractivity contribution >= 4 is 0 Å². The van der Waals surface area contributed by atoms with Crippen LogP contribution in [0.4, 0.5) is 0 Å². The van der Waals surface area contributed by atoms with Gasteiger partial charge in [0.25, 0.3) is 0 Å². The fraction of sp³-hybridized carbons (Fsp3) is 1.00. The van der Waals surface area contributed by atoms with Gasteiger partial charge in [-0.1, -0.05) is 19.8 Å². The Morgan fingerprint density at radius 1 is 1.17 bits per heavy atom. The molecule has 1 N–H and O–H groups in total. The molecule has 0 aromatic carbocycles. The maximum Gasteiger partial charge on any atom is 0.00671 e. The molecule has 70 valence electrons. The second-order valence-corrected chi connectivity index (χ2v) is 4.83. The van der Waals surface area contributed by atoms with Gasteiger partial charge in [-0.2, -0.15) is 0 Å². The molecule has 2 aliphatic rings. The van der Waals surface area contributed by atoms with Gasteiger partial charge in [-0.3, -0.25) is 0 Å². The zero-order valence-electron chi connectivity index (χ0n) is 8.18. The minimum absolute atomic E-state index is 0.876. The van der Waals surface area contributed by atoms with Crippen LogP contribution in [-0.4, -0.2) is 12.6 Å². The van der Waals surface area contributed by atoms with Crippen molar-refractivity contribution in [2.75, 3.05) is 6.54 Å². The lowest BCUT2D eigenvalue weighted by Gasteiger charge is -2.33. The van der Waals surface area contributed by atoms with Crippen LogP contribution in [0.1, 0.15) is 45.4 Å². The second kappa shape index (κ2) is 3.78. The highest BCUT2D eigenvalue weighted by Crippen LogP contribution is 2.32. The summed E-state index contributed by atoms with van der Waals surface area (Å²) < 4.78 is 0. The van der Waals surface area contributed by atoms with Gasteiger partial charge >= 0.3 is 0 Å². The summed E-state index contributed by atoms with van der Waals surface area (Å²) in [5, 5.41) is 3.70. The zero-order valence-corrected chi connectivity index (χ0v) is 8.18. The maximum absolute atomic E-state index is 3.70. The first-order valence-electron chi connectivity index (χ1n) is 5.58. The molecule has 1 nitrogen and oxygen atoms in total. The molecule has 0 aromatic heterocycles. The molecule has 2 aliphatic carbocycles. The summed E-state index contributed by atoms with van der Waals surface area (Å²) in [7, 11) is 0. The molecule has 0 saturated heterocycles. The largest absolute Gasteiger partial charge is 0.314 e. The van der Waals surface area contributed by atoms with Crippen LogP contribution < -0.4 is 5.32 Å². The highest BCUT2D eigenvalue weighted by Gasteiger charge is 2.25. The van der Waals surface area contributed by atoms with Gasteiger partial charge in [0, 0.05) is 6.04 Å². The van der Waals surface area contributed by atoms with E-state index in [1.54, 1.807) is 0 Å². The topological polar surface area (TPSA) is 12.0 Å². The third kappa shape index (κ3) is 2.01. The third-order valence-electron chi connectivity index (χ3n) is 3.52. The molecule has 12 heavy (non-hydrogen) atoms. The lowest BCUT2D eigenvalue weighted by Crippen LogP contribution is -2.36. The Balaban J connectivity index is 1.56. The van der Waals surface area contributed by atoms with Crippen molar-refractivity contribution in [2.24, 2.45) is 11.8 Å². The monoisotopic (exact) mass is 167 g/mol. The quantitative estimate of drug-likeness (QED) is 0.681. The first kappa shape index (κ1) is 8.55. The standard InChI is InChI=1S/C11H21N/c1-9-6-10(7-9)8-12-11-4-2-3-5-11/h9-12H,2-8H2,1H3.